The Hall–Kier alpha value is -3.18. The first-order valence-corrected chi connectivity index (χ1v) is 8.70. The molecular formula is C15H15N3O7S. The fraction of sp³-hybridized carbons (Fsp3) is 0.133. The third-order valence-corrected chi connectivity index (χ3v) is 4.13. The van der Waals surface area contributed by atoms with Gasteiger partial charge in [-0.25, -0.2) is 18.4 Å². The van der Waals surface area contributed by atoms with Crippen LogP contribution in [-0.4, -0.2) is 32.5 Å². The Morgan fingerprint density at radius 3 is 2.35 bits per heavy atom. The van der Waals surface area contributed by atoms with Gasteiger partial charge in [0.1, 0.15) is 19.0 Å². The number of primary sulfonamides is 1. The van der Waals surface area contributed by atoms with Gasteiger partial charge in [0.2, 0.25) is 10.0 Å². The lowest BCUT2D eigenvalue weighted by Gasteiger charge is -2.09. The molecule has 0 saturated heterocycles. The van der Waals surface area contributed by atoms with Crippen molar-refractivity contribution in [1.82, 2.24) is 0 Å². The van der Waals surface area contributed by atoms with Gasteiger partial charge in [0.05, 0.1) is 15.4 Å². The number of nitrogens with two attached hydrogens (primary N) is 2. The topological polar surface area (TPSA) is 165 Å². The number of benzene rings is 2. The van der Waals surface area contributed by atoms with Crippen molar-refractivity contribution in [1.29, 1.82) is 0 Å². The molecule has 2 aromatic carbocycles. The summed E-state index contributed by atoms with van der Waals surface area (Å²) < 4.78 is 32.5. The van der Waals surface area contributed by atoms with Gasteiger partial charge in [-0.1, -0.05) is 0 Å². The predicted octanol–water partition coefficient (Wildman–Crippen LogP) is 1.06. The summed E-state index contributed by atoms with van der Waals surface area (Å²) in [4.78, 5) is 22.0. The van der Waals surface area contributed by atoms with E-state index in [1.165, 1.54) is 36.4 Å². The van der Waals surface area contributed by atoms with Crippen molar-refractivity contribution in [2.75, 3.05) is 18.9 Å². The molecule has 0 aromatic heterocycles. The second-order valence-electron chi connectivity index (χ2n) is 5.03. The van der Waals surface area contributed by atoms with Crippen LogP contribution in [0.1, 0.15) is 10.4 Å². The maximum absolute atomic E-state index is 11.9. The molecule has 0 radical (unpaired) electrons. The molecule has 0 heterocycles. The van der Waals surface area contributed by atoms with E-state index in [2.05, 4.69) is 0 Å². The first kappa shape index (κ1) is 19.1. The zero-order valence-corrected chi connectivity index (χ0v) is 14.1. The van der Waals surface area contributed by atoms with Crippen molar-refractivity contribution >= 4 is 27.4 Å². The smallest absolute Gasteiger partial charge is 0.340 e. The third kappa shape index (κ3) is 4.91. The van der Waals surface area contributed by atoms with Crippen molar-refractivity contribution in [2.45, 2.75) is 4.90 Å². The van der Waals surface area contributed by atoms with Gasteiger partial charge in [-0.15, -0.1) is 0 Å². The maximum atomic E-state index is 11.9. The number of rotatable bonds is 7. The van der Waals surface area contributed by atoms with Gasteiger partial charge < -0.3 is 15.2 Å². The molecule has 0 aliphatic carbocycles. The Morgan fingerprint density at radius 2 is 1.77 bits per heavy atom. The molecule has 0 aliphatic heterocycles. The van der Waals surface area contributed by atoms with Crippen LogP contribution in [0.5, 0.6) is 5.75 Å². The molecular weight excluding hydrogens is 366 g/mol. The molecule has 2 rings (SSSR count). The zero-order chi connectivity index (χ0) is 19.3. The lowest BCUT2D eigenvalue weighted by atomic mass is 10.1. The Kier molecular flexibility index (Phi) is 5.75. The van der Waals surface area contributed by atoms with E-state index >= 15 is 0 Å². The van der Waals surface area contributed by atoms with E-state index in [0.29, 0.717) is 5.75 Å². The number of hydrogen-bond donors (Lipinski definition) is 2. The highest BCUT2D eigenvalue weighted by atomic mass is 32.2. The molecule has 0 aliphatic rings. The second kappa shape index (κ2) is 7.80. The highest BCUT2D eigenvalue weighted by Gasteiger charge is 2.16. The summed E-state index contributed by atoms with van der Waals surface area (Å²) in [6.07, 6.45) is 0. The molecule has 4 N–H and O–H groups in total. The molecule has 10 nitrogen and oxygen atoms in total. The molecule has 0 saturated carbocycles. The number of nitro groups is 1. The molecule has 0 unspecified atom stereocenters. The van der Waals surface area contributed by atoms with Crippen LogP contribution < -0.4 is 15.6 Å². The van der Waals surface area contributed by atoms with Gasteiger partial charge in [-0.05, 0) is 30.3 Å². The number of carbonyl (C=O) groups excluding carboxylic acids is 1. The molecule has 11 heteroatoms. The van der Waals surface area contributed by atoms with Crippen LogP contribution in [0.2, 0.25) is 0 Å². The van der Waals surface area contributed by atoms with E-state index in [0.717, 1.165) is 6.07 Å². The fourth-order valence-electron chi connectivity index (χ4n) is 1.93. The molecule has 0 atom stereocenters. The van der Waals surface area contributed by atoms with Gasteiger partial charge in [0, 0.05) is 17.8 Å². The lowest BCUT2D eigenvalue weighted by Crippen LogP contribution is -2.14. The number of anilines is 1. The van der Waals surface area contributed by atoms with Crippen LogP contribution in [0.3, 0.4) is 0 Å². The number of carbonyl (C=O) groups is 1. The number of non-ortho nitro benzene ring substituents is 1. The second-order valence-corrected chi connectivity index (χ2v) is 6.59. The first-order chi connectivity index (χ1) is 12.2. The van der Waals surface area contributed by atoms with Crippen molar-refractivity contribution < 1.29 is 27.6 Å². The zero-order valence-electron chi connectivity index (χ0n) is 13.3. The number of ether oxygens (including phenoxy) is 2. The number of nitrogen functional groups attached to an aromatic ring is 1. The Balaban J connectivity index is 1.89. The summed E-state index contributed by atoms with van der Waals surface area (Å²) >= 11 is 0. The average molecular weight is 381 g/mol. The quantitative estimate of drug-likeness (QED) is 0.236. The van der Waals surface area contributed by atoms with Crippen molar-refractivity contribution in [3.8, 4) is 5.75 Å². The van der Waals surface area contributed by atoms with Crippen LogP contribution in [0.25, 0.3) is 0 Å². The number of nitro benzene ring substituents is 1. The first-order valence-electron chi connectivity index (χ1n) is 7.15. The maximum Gasteiger partial charge on any atom is 0.340 e. The molecule has 0 fully saturated rings. The molecule has 0 amide bonds. The fourth-order valence-corrected chi connectivity index (χ4v) is 2.45. The summed E-state index contributed by atoms with van der Waals surface area (Å²) in [6.45, 7) is -0.160. The van der Waals surface area contributed by atoms with Gasteiger partial charge in [0.25, 0.3) is 5.69 Å². The highest BCUT2D eigenvalue weighted by Crippen LogP contribution is 2.20. The number of esters is 1. The Labute approximate surface area is 148 Å². The molecule has 138 valence electrons. The largest absolute Gasteiger partial charge is 0.490 e. The number of nitrogens with zero attached hydrogens (tertiary/aromatic N) is 1. The van der Waals surface area contributed by atoms with E-state index in [4.69, 9.17) is 20.3 Å². The summed E-state index contributed by atoms with van der Waals surface area (Å²) in [5, 5.41) is 15.7. The third-order valence-electron chi connectivity index (χ3n) is 3.21. The lowest BCUT2D eigenvalue weighted by molar-refractivity contribution is -0.384. The van der Waals surface area contributed by atoms with Crippen LogP contribution in [0.15, 0.2) is 47.4 Å². The van der Waals surface area contributed by atoms with E-state index < -0.39 is 20.9 Å². The van der Waals surface area contributed by atoms with Crippen molar-refractivity contribution in [2.24, 2.45) is 5.14 Å². The van der Waals surface area contributed by atoms with Crippen molar-refractivity contribution in [3.63, 3.8) is 0 Å². The predicted molar refractivity (Wildman–Crippen MR) is 91.1 cm³/mol. The van der Waals surface area contributed by atoms with Gasteiger partial charge in [-0.3, -0.25) is 10.1 Å². The minimum atomic E-state index is -3.79. The van der Waals surface area contributed by atoms with Crippen LogP contribution in [-0.2, 0) is 14.8 Å². The van der Waals surface area contributed by atoms with Gasteiger partial charge >= 0.3 is 5.97 Å². The molecule has 26 heavy (non-hydrogen) atoms. The summed E-state index contributed by atoms with van der Waals surface area (Å²) in [5.41, 5.74) is 5.28. The standard InChI is InChI=1S/C15H15N3O7S/c16-14-6-1-10(18(20)21)9-13(14)15(19)25-8-7-24-11-2-4-12(5-3-11)26(17,22)23/h1-6,9H,7-8,16H2,(H2,17,22,23). The monoisotopic (exact) mass is 381 g/mol. The minimum absolute atomic E-state index is 0.0186. The molecule has 0 bridgehead atoms. The average Bonchev–Trinajstić information content (AvgIpc) is 2.58. The van der Waals surface area contributed by atoms with E-state index in [1.54, 1.807) is 0 Å². The molecule has 2 aromatic rings. The summed E-state index contributed by atoms with van der Waals surface area (Å²) in [7, 11) is -3.79. The minimum Gasteiger partial charge on any atom is -0.490 e. The number of sulfonamides is 1. The van der Waals surface area contributed by atoms with Crippen molar-refractivity contribution in [3.05, 3.63) is 58.1 Å². The van der Waals surface area contributed by atoms with Crippen LogP contribution >= 0.6 is 0 Å². The van der Waals surface area contributed by atoms with Crippen LogP contribution in [0, 0.1) is 10.1 Å². The number of hydrogen-bond acceptors (Lipinski definition) is 8. The Bertz CT molecular complexity index is 927. The van der Waals surface area contributed by atoms with Gasteiger partial charge in [-0.2, -0.15) is 0 Å². The summed E-state index contributed by atoms with van der Waals surface area (Å²) in [5.74, 6) is -0.470. The van der Waals surface area contributed by atoms with Gasteiger partial charge in [0.15, 0.2) is 0 Å². The van der Waals surface area contributed by atoms with E-state index in [-0.39, 0.29) is 35.0 Å². The van der Waals surface area contributed by atoms with Crippen LogP contribution in [0.4, 0.5) is 11.4 Å². The molecule has 0 spiro atoms. The Morgan fingerprint density at radius 1 is 1.12 bits per heavy atom. The van der Waals surface area contributed by atoms with E-state index in [1.807, 2.05) is 0 Å². The summed E-state index contributed by atoms with van der Waals surface area (Å²) in [6, 6.07) is 8.82. The SMILES string of the molecule is Nc1ccc([N+](=O)[O-])cc1C(=O)OCCOc1ccc(S(N)(=O)=O)cc1. The normalized spacial score (nSPS) is 11.0. The highest BCUT2D eigenvalue weighted by molar-refractivity contribution is 7.89. The van der Waals surface area contributed by atoms with E-state index in [9.17, 15) is 23.3 Å².